The number of likely N-dealkylation sites (N-methyl/N-ethyl adjacent to an activating group) is 1. The van der Waals surface area contributed by atoms with Crippen molar-refractivity contribution in [1.82, 2.24) is 20.4 Å². The number of rotatable bonds is 6. The number of nitrogens with one attached hydrogen (secondary N) is 1. The minimum Gasteiger partial charge on any atom is -0.339 e. The first kappa shape index (κ1) is 16.9. The van der Waals surface area contributed by atoms with E-state index in [0.717, 1.165) is 35.6 Å². The van der Waals surface area contributed by atoms with Gasteiger partial charge < -0.3 is 9.84 Å². The van der Waals surface area contributed by atoms with Gasteiger partial charge in [0.25, 0.3) is 0 Å². The summed E-state index contributed by atoms with van der Waals surface area (Å²) in [5.41, 5.74) is 1.06. The number of fused-ring (bicyclic) bond motifs is 1. The number of halogens is 1. The molecule has 1 N–H and O–H groups in total. The van der Waals surface area contributed by atoms with Crippen LogP contribution in [-0.2, 0) is 19.3 Å². The lowest BCUT2D eigenvalue weighted by Crippen LogP contribution is -2.24. The number of hydrogen-bond acceptors (Lipinski definition) is 6. The average Bonchev–Trinajstić information content (AvgIpc) is 3.10. The van der Waals surface area contributed by atoms with Crippen LogP contribution in [0.1, 0.15) is 23.6 Å². The maximum absolute atomic E-state index is 5.29. The summed E-state index contributed by atoms with van der Waals surface area (Å²) >= 11 is 1.73. The number of benzene rings is 1. The lowest BCUT2D eigenvalue weighted by molar-refractivity contribution is 0.371. The molecule has 0 bridgehead atoms. The highest BCUT2D eigenvalue weighted by Crippen LogP contribution is 2.22. The van der Waals surface area contributed by atoms with Crippen LogP contribution in [0.2, 0.25) is 0 Å². The maximum Gasteiger partial charge on any atom is 0.227 e. The lowest BCUT2D eigenvalue weighted by Gasteiger charge is -2.04. The Hall–Kier alpha value is -1.50. The van der Waals surface area contributed by atoms with Gasteiger partial charge in [-0.2, -0.15) is 4.98 Å². The van der Waals surface area contributed by atoms with Crippen LogP contribution in [0, 0.1) is 0 Å². The molecule has 0 amide bonds. The number of aryl methyl sites for hydroxylation is 2. The largest absolute Gasteiger partial charge is 0.339 e. The Kier molecular flexibility index (Phi) is 5.88. The standard InChI is InChI=1S/C15H18N4OS.ClH/c1-10(16-2)9-13-18-14(20-19-13)7-8-15-17-11-5-3-4-6-12(11)21-15;/h3-6,10,16H,7-9H2,1-2H3;1H. The van der Waals surface area contributed by atoms with E-state index in [0.29, 0.717) is 11.9 Å². The van der Waals surface area contributed by atoms with Crippen molar-refractivity contribution in [2.45, 2.75) is 32.2 Å². The smallest absolute Gasteiger partial charge is 0.227 e. The van der Waals surface area contributed by atoms with Gasteiger partial charge in [-0.05, 0) is 26.1 Å². The first-order valence-corrected chi connectivity index (χ1v) is 7.89. The summed E-state index contributed by atoms with van der Waals surface area (Å²) in [5.74, 6) is 1.45. The van der Waals surface area contributed by atoms with Crippen molar-refractivity contribution in [3.8, 4) is 0 Å². The van der Waals surface area contributed by atoms with Crippen molar-refractivity contribution >= 4 is 34.0 Å². The molecule has 2 aromatic heterocycles. The highest BCUT2D eigenvalue weighted by molar-refractivity contribution is 7.18. The molecule has 2 heterocycles. The van der Waals surface area contributed by atoms with Crippen LogP contribution in [0.5, 0.6) is 0 Å². The fourth-order valence-corrected chi connectivity index (χ4v) is 3.06. The molecule has 118 valence electrons. The maximum atomic E-state index is 5.29. The molecule has 0 radical (unpaired) electrons. The molecular weight excluding hydrogens is 320 g/mol. The number of nitrogens with zero attached hydrogens (tertiary/aromatic N) is 3. The molecular formula is C15H19ClN4OS. The predicted octanol–water partition coefficient (Wildman–Crippen LogP) is 3.04. The van der Waals surface area contributed by atoms with Crippen LogP contribution in [0.15, 0.2) is 28.8 Å². The summed E-state index contributed by atoms with van der Waals surface area (Å²) in [6, 6.07) is 8.54. The number of para-hydroxylation sites is 1. The molecule has 5 nitrogen and oxygen atoms in total. The number of hydrogen-bond donors (Lipinski definition) is 1. The Morgan fingerprint density at radius 2 is 2.05 bits per heavy atom. The SMILES string of the molecule is CNC(C)Cc1noc(CCc2nc3ccccc3s2)n1.Cl. The second-order valence-electron chi connectivity index (χ2n) is 5.07. The van der Waals surface area contributed by atoms with Crippen molar-refractivity contribution in [3.63, 3.8) is 0 Å². The monoisotopic (exact) mass is 338 g/mol. The Bertz CT molecular complexity index is 694. The topological polar surface area (TPSA) is 63.8 Å². The first-order valence-electron chi connectivity index (χ1n) is 7.08. The van der Waals surface area contributed by atoms with E-state index in [-0.39, 0.29) is 12.4 Å². The Morgan fingerprint density at radius 1 is 1.23 bits per heavy atom. The third kappa shape index (κ3) is 4.03. The molecule has 7 heteroatoms. The fourth-order valence-electron chi connectivity index (χ4n) is 2.09. The molecule has 1 atom stereocenters. The minimum atomic E-state index is 0. The van der Waals surface area contributed by atoms with E-state index in [2.05, 4.69) is 33.4 Å². The molecule has 0 aliphatic rings. The van der Waals surface area contributed by atoms with Gasteiger partial charge in [0.15, 0.2) is 5.82 Å². The zero-order chi connectivity index (χ0) is 14.7. The lowest BCUT2D eigenvalue weighted by atomic mass is 10.2. The fraction of sp³-hybridized carbons (Fsp3) is 0.400. The summed E-state index contributed by atoms with van der Waals surface area (Å²) < 4.78 is 6.52. The van der Waals surface area contributed by atoms with Crippen LogP contribution in [0.4, 0.5) is 0 Å². The van der Waals surface area contributed by atoms with E-state index in [9.17, 15) is 0 Å². The van der Waals surface area contributed by atoms with Gasteiger partial charge in [-0.15, -0.1) is 23.7 Å². The average molecular weight is 339 g/mol. The molecule has 0 saturated carbocycles. The van der Waals surface area contributed by atoms with Gasteiger partial charge in [-0.25, -0.2) is 4.98 Å². The van der Waals surface area contributed by atoms with Crippen LogP contribution < -0.4 is 5.32 Å². The number of aromatic nitrogens is 3. The van der Waals surface area contributed by atoms with Gasteiger partial charge in [-0.1, -0.05) is 17.3 Å². The van der Waals surface area contributed by atoms with E-state index < -0.39 is 0 Å². The molecule has 3 aromatic rings. The molecule has 0 fully saturated rings. The third-order valence-electron chi connectivity index (χ3n) is 3.38. The van der Waals surface area contributed by atoms with E-state index in [1.54, 1.807) is 11.3 Å². The van der Waals surface area contributed by atoms with Crippen LogP contribution in [0.3, 0.4) is 0 Å². The summed E-state index contributed by atoms with van der Waals surface area (Å²) in [7, 11) is 1.93. The van der Waals surface area contributed by atoms with E-state index >= 15 is 0 Å². The van der Waals surface area contributed by atoms with Crippen molar-refractivity contribution in [3.05, 3.63) is 41.0 Å². The number of thiazole rings is 1. The normalized spacial score (nSPS) is 12.3. The summed E-state index contributed by atoms with van der Waals surface area (Å²) in [5, 5.41) is 8.29. The quantitative estimate of drug-likeness (QED) is 0.748. The predicted molar refractivity (Wildman–Crippen MR) is 90.8 cm³/mol. The Balaban J connectivity index is 0.00000176. The van der Waals surface area contributed by atoms with Crippen LogP contribution in [0.25, 0.3) is 10.2 Å². The zero-order valence-electron chi connectivity index (χ0n) is 12.6. The summed E-state index contributed by atoms with van der Waals surface area (Å²) in [6.07, 6.45) is 2.35. The zero-order valence-corrected chi connectivity index (χ0v) is 14.2. The Morgan fingerprint density at radius 3 is 2.82 bits per heavy atom. The molecule has 3 rings (SSSR count). The molecule has 0 aliphatic carbocycles. The molecule has 0 saturated heterocycles. The van der Waals surface area contributed by atoms with Crippen molar-refractivity contribution in [2.75, 3.05) is 7.05 Å². The second kappa shape index (κ2) is 7.67. The van der Waals surface area contributed by atoms with E-state index in [1.165, 1.54) is 4.70 Å². The van der Waals surface area contributed by atoms with Crippen LogP contribution in [-0.4, -0.2) is 28.2 Å². The Labute approximate surface area is 139 Å². The van der Waals surface area contributed by atoms with Crippen molar-refractivity contribution < 1.29 is 4.52 Å². The van der Waals surface area contributed by atoms with Crippen LogP contribution >= 0.6 is 23.7 Å². The summed E-state index contributed by atoms with van der Waals surface area (Å²) in [4.78, 5) is 9.04. The van der Waals surface area contributed by atoms with Gasteiger partial charge in [0.2, 0.25) is 5.89 Å². The molecule has 1 aromatic carbocycles. The highest BCUT2D eigenvalue weighted by atomic mass is 35.5. The molecule has 1 unspecified atom stereocenters. The van der Waals surface area contributed by atoms with Gasteiger partial charge >= 0.3 is 0 Å². The molecule has 0 aliphatic heterocycles. The highest BCUT2D eigenvalue weighted by Gasteiger charge is 2.10. The van der Waals surface area contributed by atoms with Crippen molar-refractivity contribution in [2.24, 2.45) is 0 Å². The summed E-state index contributed by atoms with van der Waals surface area (Å²) in [6.45, 7) is 2.09. The molecule has 0 spiro atoms. The third-order valence-corrected chi connectivity index (χ3v) is 4.48. The van der Waals surface area contributed by atoms with Gasteiger partial charge in [0.1, 0.15) is 0 Å². The van der Waals surface area contributed by atoms with Gasteiger partial charge in [0.05, 0.1) is 15.2 Å². The minimum absolute atomic E-state index is 0. The van der Waals surface area contributed by atoms with E-state index in [1.807, 2.05) is 25.2 Å². The molecule has 22 heavy (non-hydrogen) atoms. The van der Waals surface area contributed by atoms with Gasteiger partial charge in [0, 0.05) is 25.3 Å². The van der Waals surface area contributed by atoms with E-state index in [4.69, 9.17) is 4.52 Å². The van der Waals surface area contributed by atoms with Crippen molar-refractivity contribution in [1.29, 1.82) is 0 Å². The van der Waals surface area contributed by atoms with Gasteiger partial charge in [-0.3, -0.25) is 0 Å². The first-order chi connectivity index (χ1) is 10.2. The second-order valence-corrected chi connectivity index (χ2v) is 6.19.